The van der Waals surface area contributed by atoms with Gasteiger partial charge in [0, 0.05) is 11.8 Å². The lowest BCUT2D eigenvalue weighted by Gasteiger charge is -2.22. The minimum absolute atomic E-state index is 0.210. The zero-order chi connectivity index (χ0) is 18.4. The SMILES string of the molecule is CC1(C)O[C@@H](O)C(c2cccc(F)c2)=C1c1ccc(S(C)(=O)=O)cc1. The maximum absolute atomic E-state index is 13.6. The molecule has 0 amide bonds. The number of hydrogen-bond donors (Lipinski definition) is 1. The van der Waals surface area contributed by atoms with Crippen LogP contribution in [0.2, 0.25) is 0 Å². The molecular formula is C19H19FO4S. The van der Waals surface area contributed by atoms with Crippen molar-refractivity contribution in [3.8, 4) is 0 Å². The van der Waals surface area contributed by atoms with Gasteiger partial charge in [0.25, 0.3) is 0 Å². The van der Waals surface area contributed by atoms with E-state index in [0.29, 0.717) is 22.3 Å². The van der Waals surface area contributed by atoms with E-state index in [4.69, 9.17) is 4.74 Å². The maximum Gasteiger partial charge on any atom is 0.183 e. The lowest BCUT2D eigenvalue weighted by molar-refractivity contribution is -0.101. The summed E-state index contributed by atoms with van der Waals surface area (Å²) in [5, 5.41) is 10.4. The molecule has 0 aliphatic carbocycles. The van der Waals surface area contributed by atoms with Crippen LogP contribution in [0.1, 0.15) is 25.0 Å². The number of rotatable bonds is 3. The molecule has 25 heavy (non-hydrogen) atoms. The molecule has 0 saturated heterocycles. The van der Waals surface area contributed by atoms with E-state index in [2.05, 4.69) is 0 Å². The highest BCUT2D eigenvalue weighted by molar-refractivity contribution is 7.90. The monoisotopic (exact) mass is 362 g/mol. The normalized spacial score (nSPS) is 20.1. The third-order valence-electron chi connectivity index (χ3n) is 4.23. The van der Waals surface area contributed by atoms with Crippen molar-refractivity contribution in [2.24, 2.45) is 0 Å². The second kappa shape index (κ2) is 6.05. The maximum atomic E-state index is 13.6. The molecule has 0 saturated carbocycles. The number of benzene rings is 2. The van der Waals surface area contributed by atoms with Gasteiger partial charge in [0.2, 0.25) is 0 Å². The van der Waals surface area contributed by atoms with Crippen LogP contribution in [-0.2, 0) is 14.6 Å². The second-order valence-corrected chi connectivity index (χ2v) is 8.59. The third kappa shape index (κ3) is 3.38. The van der Waals surface area contributed by atoms with Gasteiger partial charge in [-0.05, 0) is 54.8 Å². The smallest absolute Gasteiger partial charge is 0.183 e. The summed E-state index contributed by atoms with van der Waals surface area (Å²) in [5.41, 5.74) is 1.61. The number of ether oxygens (including phenoxy) is 1. The number of sulfone groups is 1. The largest absolute Gasteiger partial charge is 0.364 e. The highest BCUT2D eigenvalue weighted by Crippen LogP contribution is 2.45. The molecule has 132 valence electrons. The molecule has 0 aromatic heterocycles. The van der Waals surface area contributed by atoms with Crippen LogP contribution < -0.4 is 0 Å². The molecule has 3 rings (SSSR count). The van der Waals surface area contributed by atoms with E-state index < -0.39 is 27.5 Å². The van der Waals surface area contributed by atoms with Crippen LogP contribution in [-0.4, -0.2) is 31.7 Å². The molecule has 1 atom stereocenters. The summed E-state index contributed by atoms with van der Waals surface area (Å²) in [5.74, 6) is -0.409. The van der Waals surface area contributed by atoms with Crippen molar-refractivity contribution in [1.82, 2.24) is 0 Å². The molecule has 1 N–H and O–H groups in total. The van der Waals surface area contributed by atoms with E-state index in [1.165, 1.54) is 24.3 Å². The molecule has 6 heteroatoms. The summed E-state index contributed by atoms with van der Waals surface area (Å²) < 4.78 is 42.6. The first-order chi connectivity index (χ1) is 11.6. The van der Waals surface area contributed by atoms with E-state index in [9.17, 15) is 17.9 Å². The number of aliphatic hydroxyl groups excluding tert-OH is 1. The van der Waals surface area contributed by atoms with Gasteiger partial charge in [-0.2, -0.15) is 0 Å². The van der Waals surface area contributed by atoms with Crippen LogP contribution in [0, 0.1) is 5.82 Å². The lowest BCUT2D eigenvalue weighted by atomic mass is 9.87. The molecule has 1 aliphatic heterocycles. The molecule has 0 bridgehead atoms. The second-order valence-electron chi connectivity index (χ2n) is 6.58. The Balaban J connectivity index is 2.20. The first-order valence-corrected chi connectivity index (χ1v) is 9.66. The Labute approximate surface area is 146 Å². The van der Waals surface area contributed by atoms with Crippen molar-refractivity contribution in [1.29, 1.82) is 0 Å². The Morgan fingerprint density at radius 3 is 2.28 bits per heavy atom. The Kier molecular flexibility index (Phi) is 4.31. The third-order valence-corrected chi connectivity index (χ3v) is 5.36. The summed E-state index contributed by atoms with van der Waals surface area (Å²) in [6.07, 6.45) is -0.0485. The standard InChI is InChI=1S/C19H19FO4S/c1-19(2)17(12-7-9-15(10-8-12)25(3,22)23)16(18(21)24-19)13-5-4-6-14(20)11-13/h4-11,18,21H,1-3H3/t18-/m1/s1. The van der Waals surface area contributed by atoms with Crippen molar-refractivity contribution >= 4 is 21.0 Å². The molecule has 2 aromatic carbocycles. The van der Waals surface area contributed by atoms with E-state index in [-0.39, 0.29) is 4.90 Å². The van der Waals surface area contributed by atoms with Crippen molar-refractivity contribution in [3.63, 3.8) is 0 Å². The Hall–Kier alpha value is -2.02. The van der Waals surface area contributed by atoms with Gasteiger partial charge in [-0.25, -0.2) is 12.8 Å². The van der Waals surface area contributed by atoms with Crippen LogP contribution in [0.25, 0.3) is 11.1 Å². The highest BCUT2D eigenvalue weighted by Gasteiger charge is 2.40. The minimum atomic E-state index is -3.30. The molecule has 4 nitrogen and oxygen atoms in total. The first kappa shape index (κ1) is 17.8. The van der Waals surface area contributed by atoms with Gasteiger partial charge >= 0.3 is 0 Å². The van der Waals surface area contributed by atoms with E-state index in [1.54, 1.807) is 24.3 Å². The molecular weight excluding hydrogens is 343 g/mol. The fourth-order valence-electron chi connectivity index (χ4n) is 3.16. The van der Waals surface area contributed by atoms with E-state index >= 15 is 0 Å². The average molecular weight is 362 g/mol. The number of aliphatic hydroxyl groups is 1. The lowest BCUT2D eigenvalue weighted by Crippen LogP contribution is -2.24. The van der Waals surface area contributed by atoms with Gasteiger partial charge < -0.3 is 9.84 Å². The van der Waals surface area contributed by atoms with Crippen LogP contribution in [0.5, 0.6) is 0 Å². The van der Waals surface area contributed by atoms with Gasteiger partial charge in [-0.15, -0.1) is 0 Å². The van der Waals surface area contributed by atoms with Gasteiger partial charge in [0.1, 0.15) is 5.82 Å². The molecule has 0 radical (unpaired) electrons. The van der Waals surface area contributed by atoms with Crippen LogP contribution in [0.3, 0.4) is 0 Å². The quantitative estimate of drug-likeness (QED) is 0.910. The molecule has 1 aliphatic rings. The van der Waals surface area contributed by atoms with Crippen molar-refractivity contribution < 1.29 is 22.7 Å². The van der Waals surface area contributed by atoms with Crippen LogP contribution >= 0.6 is 0 Å². The van der Waals surface area contributed by atoms with Gasteiger partial charge in [-0.3, -0.25) is 0 Å². The topological polar surface area (TPSA) is 63.6 Å². The molecule has 1 heterocycles. The summed E-state index contributed by atoms with van der Waals surface area (Å²) in [6.45, 7) is 3.62. The van der Waals surface area contributed by atoms with Crippen molar-refractivity contribution in [3.05, 3.63) is 65.5 Å². The summed E-state index contributed by atoms with van der Waals surface area (Å²) in [4.78, 5) is 0.210. The Bertz CT molecular complexity index is 944. The number of hydrogen-bond acceptors (Lipinski definition) is 4. The van der Waals surface area contributed by atoms with Crippen molar-refractivity contribution in [2.45, 2.75) is 30.6 Å². The Morgan fingerprint density at radius 1 is 1.08 bits per heavy atom. The van der Waals surface area contributed by atoms with E-state index in [0.717, 1.165) is 6.26 Å². The predicted molar refractivity (Wildman–Crippen MR) is 93.9 cm³/mol. The zero-order valence-electron chi connectivity index (χ0n) is 14.2. The molecule has 2 aromatic rings. The molecule has 0 unspecified atom stereocenters. The van der Waals surface area contributed by atoms with Gasteiger partial charge in [0.15, 0.2) is 16.1 Å². The zero-order valence-corrected chi connectivity index (χ0v) is 15.0. The van der Waals surface area contributed by atoms with Crippen LogP contribution in [0.15, 0.2) is 53.4 Å². The van der Waals surface area contributed by atoms with Gasteiger partial charge in [-0.1, -0.05) is 24.3 Å². The minimum Gasteiger partial charge on any atom is -0.364 e. The fraction of sp³-hybridized carbons (Fsp3) is 0.263. The summed E-state index contributed by atoms with van der Waals surface area (Å²) in [6, 6.07) is 12.3. The molecule has 0 fully saturated rings. The fourth-order valence-corrected chi connectivity index (χ4v) is 3.79. The van der Waals surface area contributed by atoms with Gasteiger partial charge in [0.05, 0.1) is 10.5 Å². The van der Waals surface area contributed by atoms with Crippen molar-refractivity contribution in [2.75, 3.05) is 6.26 Å². The first-order valence-electron chi connectivity index (χ1n) is 7.76. The summed E-state index contributed by atoms with van der Waals surface area (Å²) >= 11 is 0. The average Bonchev–Trinajstić information content (AvgIpc) is 2.75. The molecule has 0 spiro atoms. The summed E-state index contributed by atoms with van der Waals surface area (Å²) in [7, 11) is -3.30. The highest BCUT2D eigenvalue weighted by atomic mass is 32.2. The predicted octanol–water partition coefficient (Wildman–Crippen LogP) is 3.27. The van der Waals surface area contributed by atoms with Crippen LogP contribution in [0.4, 0.5) is 4.39 Å². The Morgan fingerprint density at radius 2 is 1.72 bits per heavy atom. The van der Waals surface area contributed by atoms with E-state index in [1.807, 2.05) is 13.8 Å². The number of halogens is 1.